The van der Waals surface area contributed by atoms with Gasteiger partial charge in [-0.2, -0.15) is 13.5 Å². The van der Waals surface area contributed by atoms with E-state index in [1.807, 2.05) is 6.07 Å². The lowest BCUT2D eigenvalue weighted by Crippen LogP contribution is -2.17. The van der Waals surface area contributed by atoms with Crippen LogP contribution in [-0.2, 0) is 10.1 Å². The summed E-state index contributed by atoms with van der Waals surface area (Å²) in [5.41, 5.74) is 3.06. The predicted octanol–water partition coefficient (Wildman–Crippen LogP) is 4.49. The first-order valence-corrected chi connectivity index (χ1v) is 12.0. The predicted molar refractivity (Wildman–Crippen MR) is 129 cm³/mol. The van der Waals surface area contributed by atoms with Gasteiger partial charge >= 0.3 is 10.1 Å². The van der Waals surface area contributed by atoms with Crippen molar-refractivity contribution in [1.29, 1.82) is 0 Å². The van der Waals surface area contributed by atoms with E-state index in [1.165, 1.54) is 36.5 Å². The summed E-state index contributed by atoms with van der Waals surface area (Å²) in [6, 6.07) is 16.0. The van der Waals surface area contributed by atoms with E-state index in [1.54, 1.807) is 24.3 Å². The molecule has 3 aromatic carbocycles. The van der Waals surface area contributed by atoms with Crippen molar-refractivity contribution >= 4 is 66.4 Å². The zero-order chi connectivity index (χ0) is 23.3. The summed E-state index contributed by atoms with van der Waals surface area (Å²) in [5, 5.41) is 14.8. The van der Waals surface area contributed by atoms with Crippen molar-refractivity contribution < 1.29 is 22.3 Å². The Morgan fingerprint density at radius 1 is 1.12 bits per heavy atom. The Hall–Kier alpha value is -2.84. The third kappa shape index (κ3) is 6.11. The first-order valence-electron chi connectivity index (χ1n) is 8.73. The highest BCUT2D eigenvalue weighted by molar-refractivity contribution is 14.1. The smallest absolute Gasteiger partial charge is 0.339 e. The third-order valence-electron chi connectivity index (χ3n) is 3.94. The molecule has 0 bridgehead atoms. The van der Waals surface area contributed by atoms with Gasteiger partial charge in [0.05, 0.1) is 15.6 Å². The fourth-order valence-corrected chi connectivity index (χ4v) is 4.56. The Morgan fingerprint density at radius 3 is 2.56 bits per heavy atom. The van der Waals surface area contributed by atoms with Crippen LogP contribution in [0.1, 0.15) is 15.9 Å². The van der Waals surface area contributed by atoms with Gasteiger partial charge in [0.1, 0.15) is 4.90 Å². The Balaban J connectivity index is 1.71. The molecule has 0 atom stereocenters. The summed E-state index contributed by atoms with van der Waals surface area (Å²) in [6.45, 7) is 0. The standard InChI is InChI=1S/C20H13BrIN3O6S/c21-18-9-13(12-23-24-20(26)14-3-1-4-15(22)10-14)7-8-19(18)31-32(29,30)17-6-2-5-16(11-17)25(27)28/h1-12H,(H,24,26)/b23-12-. The number of nitro groups is 1. The van der Waals surface area contributed by atoms with Crippen LogP contribution in [-0.4, -0.2) is 25.5 Å². The summed E-state index contributed by atoms with van der Waals surface area (Å²) < 4.78 is 31.3. The van der Waals surface area contributed by atoms with E-state index in [-0.39, 0.29) is 22.2 Å². The van der Waals surface area contributed by atoms with E-state index in [2.05, 4.69) is 49.0 Å². The van der Waals surface area contributed by atoms with Crippen molar-refractivity contribution in [3.8, 4) is 5.75 Å². The fraction of sp³-hybridized carbons (Fsp3) is 0. The van der Waals surface area contributed by atoms with Crippen LogP contribution in [0.25, 0.3) is 0 Å². The van der Waals surface area contributed by atoms with Gasteiger partial charge in [0.25, 0.3) is 11.6 Å². The summed E-state index contributed by atoms with van der Waals surface area (Å²) in [7, 11) is -4.29. The Kier molecular flexibility index (Phi) is 7.58. The average molecular weight is 630 g/mol. The Morgan fingerprint density at radius 2 is 1.88 bits per heavy atom. The van der Waals surface area contributed by atoms with Crippen LogP contribution in [0.2, 0.25) is 0 Å². The van der Waals surface area contributed by atoms with Crippen LogP contribution in [0, 0.1) is 13.7 Å². The minimum absolute atomic E-state index is 0.0171. The summed E-state index contributed by atoms with van der Waals surface area (Å²) in [6.07, 6.45) is 1.38. The number of benzene rings is 3. The molecule has 0 aliphatic rings. The van der Waals surface area contributed by atoms with Crippen LogP contribution in [0.3, 0.4) is 0 Å². The second kappa shape index (κ2) is 10.2. The number of carbonyl (C=O) groups excluding carboxylic acids is 1. The molecule has 3 rings (SSSR count). The summed E-state index contributed by atoms with van der Waals surface area (Å²) >= 11 is 5.33. The molecular formula is C20H13BrIN3O6S. The number of amides is 1. The largest absolute Gasteiger partial charge is 0.378 e. The second-order valence-corrected chi connectivity index (χ2v) is 9.84. The molecule has 0 aliphatic carbocycles. The van der Waals surface area contributed by atoms with Gasteiger partial charge in [-0.25, -0.2) is 5.43 Å². The van der Waals surface area contributed by atoms with Crippen molar-refractivity contribution in [1.82, 2.24) is 5.43 Å². The van der Waals surface area contributed by atoms with Crippen molar-refractivity contribution in [3.63, 3.8) is 0 Å². The van der Waals surface area contributed by atoms with E-state index in [0.717, 1.165) is 9.64 Å². The highest BCUT2D eigenvalue weighted by Gasteiger charge is 2.21. The maximum absolute atomic E-state index is 12.5. The molecule has 0 spiro atoms. The molecule has 9 nitrogen and oxygen atoms in total. The number of nitro benzene ring substituents is 1. The summed E-state index contributed by atoms with van der Waals surface area (Å²) in [4.78, 5) is 21.9. The maximum atomic E-state index is 12.5. The van der Waals surface area contributed by atoms with Crippen molar-refractivity contribution in [2.45, 2.75) is 4.90 Å². The number of halogens is 2. The van der Waals surface area contributed by atoms with Gasteiger partial charge < -0.3 is 4.18 Å². The number of hydrazone groups is 1. The second-order valence-electron chi connectivity index (χ2n) is 6.19. The zero-order valence-electron chi connectivity index (χ0n) is 15.9. The SMILES string of the molecule is O=C(N/N=C\c1ccc(OS(=O)(=O)c2cccc([N+](=O)[O-])c2)c(Br)c1)c1cccc(I)c1. The van der Waals surface area contributed by atoms with Gasteiger partial charge in [-0.1, -0.05) is 12.1 Å². The molecule has 164 valence electrons. The lowest BCUT2D eigenvalue weighted by Gasteiger charge is -2.09. The molecule has 0 saturated heterocycles. The average Bonchev–Trinajstić information content (AvgIpc) is 2.75. The lowest BCUT2D eigenvalue weighted by molar-refractivity contribution is -0.385. The molecule has 0 radical (unpaired) electrons. The molecule has 3 aromatic rings. The van der Waals surface area contributed by atoms with Crippen LogP contribution >= 0.6 is 38.5 Å². The monoisotopic (exact) mass is 629 g/mol. The molecule has 12 heteroatoms. The van der Waals surface area contributed by atoms with E-state index in [4.69, 9.17) is 4.18 Å². The number of non-ortho nitro benzene ring substituents is 1. The molecule has 1 amide bonds. The minimum Gasteiger partial charge on any atom is -0.378 e. The highest BCUT2D eigenvalue weighted by Crippen LogP contribution is 2.29. The number of rotatable bonds is 7. The maximum Gasteiger partial charge on any atom is 0.339 e. The van der Waals surface area contributed by atoms with Crippen LogP contribution in [0.15, 0.2) is 81.2 Å². The zero-order valence-corrected chi connectivity index (χ0v) is 20.5. The van der Waals surface area contributed by atoms with E-state index in [9.17, 15) is 23.3 Å². The summed E-state index contributed by atoms with van der Waals surface area (Å²) in [5.74, 6) is -0.390. The first-order chi connectivity index (χ1) is 15.2. The van der Waals surface area contributed by atoms with Crippen LogP contribution in [0.4, 0.5) is 5.69 Å². The Labute approximate surface area is 205 Å². The van der Waals surface area contributed by atoms with Gasteiger partial charge in [0, 0.05) is 21.3 Å². The number of nitrogens with one attached hydrogen (secondary N) is 1. The molecule has 0 aromatic heterocycles. The molecule has 0 fully saturated rings. The van der Waals surface area contributed by atoms with Gasteiger partial charge in [-0.05, 0) is 86.5 Å². The van der Waals surface area contributed by atoms with Gasteiger partial charge in [0.2, 0.25) is 0 Å². The minimum atomic E-state index is -4.29. The van der Waals surface area contributed by atoms with E-state index < -0.39 is 15.0 Å². The van der Waals surface area contributed by atoms with Gasteiger partial charge in [-0.3, -0.25) is 14.9 Å². The topological polar surface area (TPSA) is 128 Å². The molecule has 0 heterocycles. The highest BCUT2D eigenvalue weighted by atomic mass is 127. The molecule has 0 saturated carbocycles. The normalized spacial score (nSPS) is 11.3. The number of nitrogens with zero attached hydrogens (tertiary/aromatic N) is 2. The van der Waals surface area contributed by atoms with Crippen LogP contribution in [0.5, 0.6) is 5.75 Å². The molecular weight excluding hydrogens is 617 g/mol. The molecule has 0 unspecified atom stereocenters. The number of hydrogen-bond acceptors (Lipinski definition) is 7. The molecule has 32 heavy (non-hydrogen) atoms. The lowest BCUT2D eigenvalue weighted by atomic mass is 10.2. The quantitative estimate of drug-likeness (QED) is 0.135. The molecule has 0 aliphatic heterocycles. The Bertz CT molecular complexity index is 1330. The van der Waals surface area contributed by atoms with Crippen molar-refractivity contribution in [2.75, 3.05) is 0 Å². The number of carbonyl (C=O) groups is 1. The first kappa shape index (κ1) is 23.8. The van der Waals surface area contributed by atoms with Gasteiger partial charge in [0.15, 0.2) is 5.75 Å². The van der Waals surface area contributed by atoms with E-state index in [0.29, 0.717) is 15.6 Å². The third-order valence-corrected chi connectivity index (χ3v) is 6.46. The van der Waals surface area contributed by atoms with Gasteiger partial charge in [-0.15, -0.1) is 0 Å². The molecule has 1 N–H and O–H groups in total. The van der Waals surface area contributed by atoms with Crippen LogP contribution < -0.4 is 9.61 Å². The van der Waals surface area contributed by atoms with Crippen molar-refractivity contribution in [2.24, 2.45) is 5.10 Å². The van der Waals surface area contributed by atoms with E-state index >= 15 is 0 Å². The fourth-order valence-electron chi connectivity index (χ4n) is 2.44. The number of hydrogen-bond donors (Lipinski definition) is 1. The van der Waals surface area contributed by atoms with Crippen molar-refractivity contribution in [3.05, 3.63) is 96.0 Å².